The quantitative estimate of drug-likeness (QED) is 0.727. The van der Waals surface area contributed by atoms with Gasteiger partial charge in [-0.1, -0.05) is 18.2 Å². The summed E-state index contributed by atoms with van der Waals surface area (Å²) in [5.41, 5.74) is 4.47. The van der Waals surface area contributed by atoms with Crippen molar-refractivity contribution in [3.8, 4) is 0 Å². The Morgan fingerprint density at radius 3 is 2.23 bits per heavy atom. The maximum atomic E-state index is 12.5. The van der Waals surface area contributed by atoms with E-state index in [9.17, 15) is 13.2 Å². The Hall–Kier alpha value is -2.58. The fourth-order valence-electron chi connectivity index (χ4n) is 3.53. The van der Waals surface area contributed by atoms with Crippen LogP contribution >= 0.6 is 0 Å². The van der Waals surface area contributed by atoms with Gasteiger partial charge in [0.2, 0.25) is 15.9 Å². The first-order valence-corrected chi connectivity index (χ1v) is 11.8. The number of ether oxygens (including phenoxy) is 1. The zero-order valence-corrected chi connectivity index (χ0v) is 18.5. The predicted octanol–water partition coefficient (Wildman–Crippen LogP) is 2.22. The van der Waals surface area contributed by atoms with Crippen molar-refractivity contribution in [2.24, 2.45) is 0 Å². The molecule has 0 saturated carbocycles. The smallest absolute Gasteiger partial charge is 0.241 e. The standard InChI is InChI=1S/C22H29N3O4S/c1-17-12-18(2)14-21(13-17)25(30(3,27)28)16-22(26)23-15-19-4-6-20(7-5-19)24-8-10-29-11-9-24/h4-7,12-14H,8-11,15-16H2,1-3H3,(H,23,26). The highest BCUT2D eigenvalue weighted by molar-refractivity contribution is 7.92. The van der Waals surface area contributed by atoms with Crippen LogP contribution in [0, 0.1) is 13.8 Å². The number of carbonyl (C=O) groups is 1. The molecule has 1 aliphatic rings. The van der Waals surface area contributed by atoms with Crippen LogP contribution in [0.25, 0.3) is 0 Å². The number of amides is 1. The molecular weight excluding hydrogens is 402 g/mol. The summed E-state index contributed by atoms with van der Waals surface area (Å²) in [4.78, 5) is 14.8. The average Bonchev–Trinajstić information content (AvgIpc) is 2.70. The normalized spacial score (nSPS) is 14.4. The van der Waals surface area contributed by atoms with E-state index in [2.05, 4.69) is 10.2 Å². The summed E-state index contributed by atoms with van der Waals surface area (Å²) in [6, 6.07) is 13.5. The Morgan fingerprint density at radius 1 is 1.07 bits per heavy atom. The van der Waals surface area contributed by atoms with E-state index in [4.69, 9.17) is 4.74 Å². The number of rotatable bonds is 7. The topological polar surface area (TPSA) is 79.0 Å². The van der Waals surface area contributed by atoms with E-state index in [0.717, 1.165) is 59.2 Å². The van der Waals surface area contributed by atoms with Crippen LogP contribution < -0.4 is 14.5 Å². The van der Waals surface area contributed by atoms with E-state index in [1.165, 1.54) is 0 Å². The molecule has 1 aliphatic heterocycles. The number of sulfonamides is 1. The van der Waals surface area contributed by atoms with Crippen LogP contribution in [0.5, 0.6) is 0 Å². The lowest BCUT2D eigenvalue weighted by Gasteiger charge is -2.29. The minimum atomic E-state index is -3.59. The van der Waals surface area contributed by atoms with Crippen LogP contribution in [-0.2, 0) is 26.1 Å². The fraction of sp³-hybridized carbons (Fsp3) is 0.409. The van der Waals surface area contributed by atoms with Gasteiger partial charge >= 0.3 is 0 Å². The van der Waals surface area contributed by atoms with Gasteiger partial charge < -0.3 is 15.0 Å². The van der Waals surface area contributed by atoms with Crippen molar-refractivity contribution < 1.29 is 17.9 Å². The van der Waals surface area contributed by atoms with Crippen LogP contribution in [0.2, 0.25) is 0 Å². The zero-order valence-electron chi connectivity index (χ0n) is 17.7. The molecule has 30 heavy (non-hydrogen) atoms. The molecule has 0 aliphatic carbocycles. The number of hydrogen-bond donors (Lipinski definition) is 1. The lowest BCUT2D eigenvalue weighted by Crippen LogP contribution is -2.40. The minimum absolute atomic E-state index is 0.256. The van der Waals surface area contributed by atoms with Gasteiger partial charge in [-0.15, -0.1) is 0 Å². The summed E-state index contributed by atoms with van der Waals surface area (Å²) in [5, 5.41) is 2.82. The van der Waals surface area contributed by atoms with Crippen LogP contribution in [0.15, 0.2) is 42.5 Å². The number of benzene rings is 2. The molecule has 3 rings (SSSR count). The highest BCUT2D eigenvalue weighted by Crippen LogP contribution is 2.21. The molecule has 0 aromatic heterocycles. The largest absolute Gasteiger partial charge is 0.378 e. The Kier molecular flexibility index (Phi) is 6.99. The van der Waals surface area contributed by atoms with Crippen LogP contribution in [0.1, 0.15) is 16.7 Å². The van der Waals surface area contributed by atoms with Gasteiger partial charge in [0.15, 0.2) is 0 Å². The summed E-state index contributed by atoms with van der Waals surface area (Å²) < 4.78 is 31.1. The summed E-state index contributed by atoms with van der Waals surface area (Å²) in [6.07, 6.45) is 1.11. The second kappa shape index (κ2) is 9.49. The second-order valence-electron chi connectivity index (χ2n) is 7.66. The molecule has 1 saturated heterocycles. The molecule has 1 N–H and O–H groups in total. The molecule has 2 aromatic rings. The molecule has 1 heterocycles. The Morgan fingerprint density at radius 2 is 1.67 bits per heavy atom. The van der Waals surface area contributed by atoms with Crippen molar-refractivity contribution in [2.45, 2.75) is 20.4 Å². The summed E-state index contributed by atoms with van der Waals surface area (Å²) in [5.74, 6) is -0.350. The lowest BCUT2D eigenvalue weighted by atomic mass is 10.1. The van der Waals surface area contributed by atoms with Crippen molar-refractivity contribution in [1.29, 1.82) is 0 Å². The van der Waals surface area contributed by atoms with Crippen molar-refractivity contribution in [3.05, 3.63) is 59.2 Å². The number of anilines is 2. The van der Waals surface area contributed by atoms with Gasteiger partial charge in [0.05, 0.1) is 25.2 Å². The van der Waals surface area contributed by atoms with Gasteiger partial charge in [0.1, 0.15) is 6.54 Å². The van der Waals surface area contributed by atoms with Gasteiger partial charge in [0.25, 0.3) is 0 Å². The average molecular weight is 432 g/mol. The molecule has 0 spiro atoms. The lowest BCUT2D eigenvalue weighted by molar-refractivity contribution is -0.119. The molecule has 1 fully saturated rings. The first-order chi connectivity index (χ1) is 14.2. The first kappa shape index (κ1) is 22.1. The number of morpholine rings is 1. The van der Waals surface area contributed by atoms with Crippen LogP contribution in [-0.4, -0.2) is 53.4 Å². The maximum Gasteiger partial charge on any atom is 0.241 e. The molecule has 0 unspecified atom stereocenters. The molecule has 2 aromatic carbocycles. The van der Waals surface area contributed by atoms with Gasteiger partial charge in [-0.2, -0.15) is 0 Å². The summed E-state index contributed by atoms with van der Waals surface area (Å²) in [7, 11) is -3.59. The van der Waals surface area contributed by atoms with Crippen LogP contribution in [0.3, 0.4) is 0 Å². The Bertz CT molecular complexity index is 964. The van der Waals surface area contributed by atoms with Crippen molar-refractivity contribution in [2.75, 3.05) is 48.3 Å². The molecule has 1 amide bonds. The molecule has 0 atom stereocenters. The number of nitrogens with one attached hydrogen (secondary N) is 1. The second-order valence-corrected chi connectivity index (χ2v) is 9.56. The van der Waals surface area contributed by atoms with Gasteiger partial charge in [-0.05, 0) is 54.8 Å². The minimum Gasteiger partial charge on any atom is -0.378 e. The molecular formula is C22H29N3O4S. The predicted molar refractivity (Wildman–Crippen MR) is 119 cm³/mol. The number of hydrogen-bond acceptors (Lipinski definition) is 5. The van der Waals surface area contributed by atoms with Crippen molar-refractivity contribution in [1.82, 2.24) is 5.32 Å². The molecule has 0 bridgehead atoms. The SMILES string of the molecule is Cc1cc(C)cc(N(CC(=O)NCc2ccc(N3CCOCC3)cc2)S(C)(=O)=O)c1. The van der Waals surface area contributed by atoms with E-state index in [1.54, 1.807) is 12.1 Å². The molecule has 7 nitrogen and oxygen atoms in total. The van der Waals surface area contributed by atoms with E-state index >= 15 is 0 Å². The van der Waals surface area contributed by atoms with Crippen molar-refractivity contribution >= 4 is 27.3 Å². The third-order valence-corrected chi connectivity index (χ3v) is 6.12. The number of aryl methyl sites for hydroxylation is 2. The first-order valence-electron chi connectivity index (χ1n) is 9.97. The Labute approximate surface area is 178 Å². The van der Waals surface area contributed by atoms with E-state index in [1.807, 2.05) is 44.2 Å². The van der Waals surface area contributed by atoms with Crippen LogP contribution in [0.4, 0.5) is 11.4 Å². The maximum absolute atomic E-state index is 12.5. The van der Waals surface area contributed by atoms with Gasteiger partial charge in [0, 0.05) is 25.3 Å². The molecule has 8 heteroatoms. The van der Waals surface area contributed by atoms with E-state index in [0.29, 0.717) is 12.2 Å². The van der Waals surface area contributed by atoms with Gasteiger partial charge in [-0.3, -0.25) is 9.10 Å². The zero-order chi connectivity index (χ0) is 21.7. The number of nitrogens with zero attached hydrogens (tertiary/aromatic N) is 2. The highest BCUT2D eigenvalue weighted by Gasteiger charge is 2.21. The monoisotopic (exact) mass is 431 g/mol. The molecule has 162 valence electrons. The van der Waals surface area contributed by atoms with Crippen molar-refractivity contribution in [3.63, 3.8) is 0 Å². The van der Waals surface area contributed by atoms with E-state index in [-0.39, 0.29) is 12.5 Å². The fourth-order valence-corrected chi connectivity index (χ4v) is 4.37. The number of carbonyl (C=O) groups excluding carboxylic acids is 1. The molecule has 0 radical (unpaired) electrons. The third-order valence-electron chi connectivity index (χ3n) is 4.98. The summed E-state index contributed by atoms with van der Waals surface area (Å²) in [6.45, 7) is 7.09. The van der Waals surface area contributed by atoms with Gasteiger partial charge in [-0.25, -0.2) is 8.42 Å². The summed E-state index contributed by atoms with van der Waals surface area (Å²) >= 11 is 0. The van der Waals surface area contributed by atoms with E-state index < -0.39 is 10.0 Å². The highest BCUT2D eigenvalue weighted by atomic mass is 32.2. The Balaban J connectivity index is 1.61. The third kappa shape index (κ3) is 5.96.